The molecule has 4 aromatic heterocycles. The number of benzene rings is 11. The summed E-state index contributed by atoms with van der Waals surface area (Å²) in [6.45, 7) is 20.2. The van der Waals surface area contributed by atoms with Crippen LogP contribution in [0, 0.1) is 6.33 Å². The first kappa shape index (κ1) is 49.4. The fourth-order valence-electron chi connectivity index (χ4n) is 13.3. The van der Waals surface area contributed by atoms with Crippen molar-refractivity contribution in [2.24, 2.45) is 0 Å². The van der Waals surface area contributed by atoms with Gasteiger partial charge in [0.25, 0.3) is 6.33 Å². The molecule has 90 heavy (non-hydrogen) atoms. The average molecular weight is 1170 g/mol. The van der Waals surface area contributed by atoms with Gasteiger partial charge in [-0.1, -0.05) is 220 Å². The Morgan fingerprint density at radius 3 is 1.83 bits per heavy atom. The van der Waals surface area contributed by atoms with Crippen LogP contribution in [0.2, 0.25) is 0 Å². The van der Waals surface area contributed by atoms with E-state index >= 15 is 0 Å². The summed E-state index contributed by atoms with van der Waals surface area (Å²) in [5.41, 5.74) is 19.8. The van der Waals surface area contributed by atoms with Gasteiger partial charge in [0.1, 0.15) is 28.5 Å². The Kier molecular flexibility index (Phi) is 11.3. The Morgan fingerprint density at radius 2 is 1.04 bits per heavy atom. The largest absolute Gasteiger partial charge is 0.458 e. The van der Waals surface area contributed by atoms with Crippen molar-refractivity contribution >= 4 is 54.8 Å². The van der Waals surface area contributed by atoms with Gasteiger partial charge in [0, 0.05) is 33.8 Å². The highest BCUT2D eigenvalue weighted by Gasteiger charge is 2.29. The molecule has 0 radical (unpaired) electrons. The van der Waals surface area contributed by atoms with Gasteiger partial charge >= 0.3 is 0 Å². The number of furan rings is 1. The molecule has 6 heteroatoms. The third kappa shape index (κ3) is 9.23. The highest BCUT2D eigenvalue weighted by Crippen LogP contribution is 2.49. The Balaban J connectivity index is 0.974. The number of fused-ring (bicyclic) bond motifs is 13. The molecule has 0 aliphatic carbocycles. The van der Waals surface area contributed by atoms with Crippen molar-refractivity contribution in [3.05, 3.63) is 272 Å². The Bertz CT molecular complexity index is 5670. The van der Waals surface area contributed by atoms with Crippen LogP contribution in [0.1, 0.15) is 85.9 Å². The van der Waals surface area contributed by atoms with Gasteiger partial charge in [-0.25, -0.2) is 4.98 Å². The van der Waals surface area contributed by atoms with Crippen LogP contribution in [0.25, 0.3) is 139 Å². The van der Waals surface area contributed by atoms with Crippen molar-refractivity contribution in [1.82, 2.24) is 14.1 Å². The fourth-order valence-corrected chi connectivity index (χ4v) is 13.3. The topological polar surface area (TPSA) is 49.0 Å². The van der Waals surface area contributed by atoms with Crippen LogP contribution >= 0.6 is 0 Å². The molecule has 0 unspecified atom stereocenters. The smallest absolute Gasteiger partial charge is 0.269 e. The van der Waals surface area contributed by atoms with Crippen LogP contribution in [0.3, 0.4) is 0 Å². The van der Waals surface area contributed by atoms with Crippen LogP contribution in [0.15, 0.2) is 253 Å². The second kappa shape index (κ2) is 20.5. The van der Waals surface area contributed by atoms with Crippen LogP contribution < -0.4 is 9.30 Å². The predicted octanol–water partition coefficient (Wildman–Crippen LogP) is 22.1. The first-order valence-corrected chi connectivity index (χ1v) is 30.9. The molecule has 0 bridgehead atoms. The lowest BCUT2D eigenvalue weighted by Gasteiger charge is -2.26. The van der Waals surface area contributed by atoms with Gasteiger partial charge in [0.15, 0.2) is 0 Å². The number of para-hydroxylation sites is 3. The summed E-state index contributed by atoms with van der Waals surface area (Å²) in [7, 11) is 0. The van der Waals surface area contributed by atoms with E-state index in [-0.39, 0.29) is 33.9 Å². The molecule has 1 aliphatic rings. The van der Waals surface area contributed by atoms with Crippen LogP contribution in [-0.4, -0.2) is 14.1 Å². The van der Waals surface area contributed by atoms with E-state index in [4.69, 9.17) is 18.3 Å². The third-order valence-electron chi connectivity index (χ3n) is 18.1. The first-order valence-electron chi connectivity index (χ1n) is 33.4. The van der Waals surface area contributed by atoms with Crippen molar-refractivity contribution in [3.8, 4) is 95.5 Å². The maximum atomic E-state index is 9.67. The van der Waals surface area contributed by atoms with E-state index in [0.29, 0.717) is 22.7 Å². The van der Waals surface area contributed by atoms with Crippen molar-refractivity contribution in [2.45, 2.75) is 78.6 Å². The van der Waals surface area contributed by atoms with Crippen LogP contribution in [0.5, 0.6) is 11.5 Å². The van der Waals surface area contributed by atoms with Gasteiger partial charge in [0.2, 0.25) is 0 Å². The van der Waals surface area contributed by atoms with Crippen molar-refractivity contribution in [3.63, 3.8) is 0 Å². The molecule has 0 N–H and O–H groups in total. The minimum atomic E-state index is -0.462. The summed E-state index contributed by atoms with van der Waals surface area (Å²) in [5, 5.41) is 4.21. The van der Waals surface area contributed by atoms with E-state index in [0.717, 1.165) is 122 Å². The number of imidazole rings is 1. The number of hydrogen-bond donors (Lipinski definition) is 0. The number of nitrogens with zero attached hydrogens (tertiary/aromatic N) is 4. The molecule has 436 valence electrons. The molecule has 0 amide bonds. The molecular weight excluding hydrogens is 1100 g/mol. The summed E-state index contributed by atoms with van der Waals surface area (Å²) in [6.07, 6.45) is 5.84. The summed E-state index contributed by atoms with van der Waals surface area (Å²) in [6, 6.07) is 72.3. The van der Waals surface area contributed by atoms with Crippen molar-refractivity contribution in [1.29, 1.82) is 0 Å². The molecule has 0 saturated carbocycles. The highest BCUT2D eigenvalue weighted by molar-refractivity contribution is 6.10. The Hall–Kier alpha value is -10.6. The molecule has 5 heterocycles. The lowest BCUT2D eigenvalue weighted by Crippen LogP contribution is -2.32. The molecular formula is C84H68N4O2. The van der Waals surface area contributed by atoms with E-state index in [1.165, 1.54) is 16.7 Å². The molecule has 0 spiro atoms. The Morgan fingerprint density at radius 1 is 0.422 bits per heavy atom. The SMILES string of the molecule is [2H]c1c([2H])c([2H])c(-c2cccc3c2-[n+]2[c-]n(-c4cccc(Oc5ccc6c7ccccc7n(-c7cc(C(C)(C)C)ccn7)c6c5)c4)c4cc(-c5ccc6oc7ccccc7c6c5)cc(c42)-c2ccccc2-c2ccc(-c4cc(C(C)(C)C)cc(C(C)(C)C)c4)cc2-3)c([2H])c1[2H]. The summed E-state index contributed by atoms with van der Waals surface area (Å²) < 4.78 is 66.2. The van der Waals surface area contributed by atoms with E-state index in [1.54, 1.807) is 0 Å². The number of pyridine rings is 1. The standard InChI is InChI=1S/C84H68N4O2/c1-82(2,3)57-39-40-85-79(48-57)88-74-31-17-15-27-67(74)68-37-35-62(50-75(68)88)89-61-24-19-23-60(49-61)86-51-87-80-63(52-21-11-10-12-22-52)29-20-30-70(80)71-43-53(55-41-58(83(4,5)6)47-59(42-55)84(7,8)9)33-36-66(71)64-25-13-14-26-65(64)73-45-56(46-76(86)81(73)87)54-34-38-78-72(44-54)69-28-16-18-32-77(69)90-78/h10-50H,1-9H3/i10D,11D,12D,21D,22D. The monoisotopic (exact) mass is 1170 g/mol. The first-order chi connectivity index (χ1) is 45.5. The van der Waals surface area contributed by atoms with Gasteiger partial charge in [-0.15, -0.1) is 0 Å². The number of hydrogen-bond acceptors (Lipinski definition) is 3. The van der Waals surface area contributed by atoms with Gasteiger partial charge in [-0.3, -0.25) is 13.7 Å². The zero-order valence-corrected chi connectivity index (χ0v) is 51.9. The molecule has 15 aromatic rings. The fraction of sp³-hybridized carbons (Fsp3) is 0.143. The lowest BCUT2D eigenvalue weighted by atomic mass is 9.78. The number of rotatable bonds is 7. The zero-order valence-electron chi connectivity index (χ0n) is 56.9. The molecule has 16 rings (SSSR count). The van der Waals surface area contributed by atoms with Crippen LogP contribution in [0.4, 0.5) is 0 Å². The van der Waals surface area contributed by atoms with Crippen molar-refractivity contribution in [2.75, 3.05) is 0 Å². The molecule has 0 fully saturated rings. The third-order valence-corrected chi connectivity index (χ3v) is 18.1. The Labute approximate surface area is 532 Å². The van der Waals surface area contributed by atoms with E-state index in [1.807, 2.05) is 60.8 Å². The molecule has 0 atom stereocenters. The number of ether oxygens (including phenoxy) is 1. The molecule has 11 aromatic carbocycles. The van der Waals surface area contributed by atoms with E-state index < -0.39 is 18.1 Å². The zero-order chi connectivity index (χ0) is 65.7. The quantitative estimate of drug-likeness (QED) is 0.118. The molecule has 0 saturated heterocycles. The average Bonchev–Trinajstić information content (AvgIpc) is 1.60. The highest BCUT2D eigenvalue weighted by atomic mass is 16.5. The summed E-state index contributed by atoms with van der Waals surface area (Å²) in [5.74, 6) is 2.06. The van der Waals surface area contributed by atoms with Crippen LogP contribution in [-0.2, 0) is 16.2 Å². The summed E-state index contributed by atoms with van der Waals surface area (Å²) in [4.78, 5) is 4.95. The normalized spacial score (nSPS) is 13.3. The van der Waals surface area contributed by atoms with Gasteiger partial charge in [-0.05, 0) is 179 Å². The second-order valence-corrected chi connectivity index (χ2v) is 27.1. The van der Waals surface area contributed by atoms with Gasteiger partial charge in [0.05, 0.1) is 40.3 Å². The maximum absolute atomic E-state index is 9.67. The van der Waals surface area contributed by atoms with Gasteiger partial charge < -0.3 is 9.15 Å². The molecule has 1 aliphatic heterocycles. The maximum Gasteiger partial charge on any atom is 0.269 e. The minimum Gasteiger partial charge on any atom is -0.458 e. The number of aromatic nitrogens is 4. The van der Waals surface area contributed by atoms with Gasteiger partial charge in [-0.2, -0.15) is 0 Å². The summed E-state index contributed by atoms with van der Waals surface area (Å²) >= 11 is 0. The van der Waals surface area contributed by atoms with E-state index in [9.17, 15) is 2.74 Å². The van der Waals surface area contributed by atoms with Crippen molar-refractivity contribution < 1.29 is 20.6 Å². The second-order valence-electron chi connectivity index (χ2n) is 27.1. The lowest BCUT2D eigenvalue weighted by molar-refractivity contribution is -0.570. The van der Waals surface area contributed by atoms with E-state index in [2.05, 4.69) is 240 Å². The molecule has 6 nitrogen and oxygen atoms in total. The minimum absolute atomic E-state index is 0.0831. The predicted molar refractivity (Wildman–Crippen MR) is 372 cm³/mol.